The first-order chi connectivity index (χ1) is 9.47. The number of carbonyl (C=O) groups is 1. The number of benzene rings is 1. The number of carbonyl (C=O) groups excluding carboxylic acids is 1. The highest BCUT2D eigenvalue weighted by atomic mass is 16.2. The van der Waals surface area contributed by atoms with Crippen LogP contribution in [0.5, 0.6) is 0 Å². The molecule has 0 spiro atoms. The van der Waals surface area contributed by atoms with Gasteiger partial charge < -0.3 is 11.1 Å². The number of likely N-dealkylation sites (tertiary alicyclic amines) is 1. The lowest BCUT2D eigenvalue weighted by atomic mass is 9.89. The second-order valence-electron chi connectivity index (χ2n) is 6.07. The first-order valence-electron chi connectivity index (χ1n) is 7.34. The number of amides is 1. The van der Waals surface area contributed by atoms with Crippen LogP contribution in [0.3, 0.4) is 0 Å². The third-order valence-corrected chi connectivity index (χ3v) is 4.35. The second-order valence-corrected chi connectivity index (χ2v) is 6.07. The molecule has 1 aromatic carbocycles. The molecule has 0 aliphatic carbocycles. The van der Waals surface area contributed by atoms with Gasteiger partial charge in [0, 0.05) is 6.54 Å². The normalized spacial score (nSPS) is 23.6. The van der Waals surface area contributed by atoms with E-state index in [0.29, 0.717) is 18.2 Å². The maximum Gasteiger partial charge on any atom is 0.238 e. The fourth-order valence-corrected chi connectivity index (χ4v) is 2.74. The van der Waals surface area contributed by atoms with Crippen molar-refractivity contribution >= 4 is 17.3 Å². The smallest absolute Gasteiger partial charge is 0.238 e. The van der Waals surface area contributed by atoms with Gasteiger partial charge in [0.15, 0.2) is 0 Å². The summed E-state index contributed by atoms with van der Waals surface area (Å²) in [6, 6.07) is 5.66. The molecule has 4 nitrogen and oxygen atoms in total. The van der Waals surface area contributed by atoms with Crippen LogP contribution < -0.4 is 11.1 Å². The molecule has 1 aliphatic heterocycles. The molecule has 3 N–H and O–H groups in total. The molecule has 2 rings (SSSR count). The molecule has 1 amide bonds. The van der Waals surface area contributed by atoms with Gasteiger partial charge in [0.05, 0.1) is 17.9 Å². The van der Waals surface area contributed by atoms with Gasteiger partial charge in [-0.3, -0.25) is 9.69 Å². The standard InChI is InChI=1S/C16H25N3O/c1-11-7-8-19(9-13(11)3)10-15(20)18-16-12(2)5-4-6-14(16)17/h4-6,11,13H,7-10,17H2,1-3H3,(H,18,20). The molecule has 0 radical (unpaired) electrons. The molecule has 20 heavy (non-hydrogen) atoms. The van der Waals surface area contributed by atoms with E-state index < -0.39 is 0 Å². The number of nitrogens with two attached hydrogens (primary N) is 1. The third kappa shape index (κ3) is 3.51. The number of nitrogens with zero attached hydrogens (tertiary/aromatic N) is 1. The van der Waals surface area contributed by atoms with Crippen molar-refractivity contribution in [3.63, 3.8) is 0 Å². The number of hydrogen-bond acceptors (Lipinski definition) is 3. The fourth-order valence-electron chi connectivity index (χ4n) is 2.74. The highest BCUT2D eigenvalue weighted by Crippen LogP contribution is 2.24. The fraction of sp³-hybridized carbons (Fsp3) is 0.562. The van der Waals surface area contributed by atoms with Crippen molar-refractivity contribution in [3.05, 3.63) is 23.8 Å². The molecular weight excluding hydrogens is 250 g/mol. The number of aryl methyl sites for hydroxylation is 1. The van der Waals surface area contributed by atoms with E-state index in [1.807, 2.05) is 25.1 Å². The molecule has 2 atom stereocenters. The Morgan fingerprint density at radius 1 is 1.40 bits per heavy atom. The van der Waals surface area contributed by atoms with Crippen LogP contribution in [-0.4, -0.2) is 30.4 Å². The number of para-hydroxylation sites is 1. The molecular formula is C16H25N3O. The van der Waals surface area contributed by atoms with Gasteiger partial charge in [-0.15, -0.1) is 0 Å². The van der Waals surface area contributed by atoms with Crippen molar-refractivity contribution in [2.24, 2.45) is 11.8 Å². The summed E-state index contributed by atoms with van der Waals surface area (Å²) in [7, 11) is 0. The lowest BCUT2D eigenvalue weighted by molar-refractivity contribution is -0.117. The number of nitrogens with one attached hydrogen (secondary N) is 1. The van der Waals surface area contributed by atoms with Gasteiger partial charge in [-0.05, 0) is 43.4 Å². The van der Waals surface area contributed by atoms with Crippen LogP contribution >= 0.6 is 0 Å². The average Bonchev–Trinajstić information content (AvgIpc) is 2.38. The number of piperidine rings is 1. The minimum Gasteiger partial charge on any atom is -0.397 e. The maximum absolute atomic E-state index is 12.2. The molecule has 2 unspecified atom stereocenters. The topological polar surface area (TPSA) is 58.4 Å². The summed E-state index contributed by atoms with van der Waals surface area (Å²) in [6.07, 6.45) is 1.17. The molecule has 1 aromatic rings. The van der Waals surface area contributed by atoms with Crippen LogP contribution in [0.2, 0.25) is 0 Å². The van der Waals surface area contributed by atoms with Crippen LogP contribution in [-0.2, 0) is 4.79 Å². The summed E-state index contributed by atoms with van der Waals surface area (Å²) in [5, 5.41) is 2.95. The predicted octanol–water partition coefficient (Wildman–Crippen LogP) is 2.49. The SMILES string of the molecule is Cc1cccc(N)c1NC(=O)CN1CCC(C)C(C)C1. The Hall–Kier alpha value is -1.55. The van der Waals surface area contributed by atoms with Crippen molar-refractivity contribution in [2.75, 3.05) is 30.7 Å². The molecule has 1 saturated heterocycles. The van der Waals surface area contributed by atoms with E-state index in [4.69, 9.17) is 5.73 Å². The van der Waals surface area contributed by atoms with Gasteiger partial charge in [-0.2, -0.15) is 0 Å². The van der Waals surface area contributed by atoms with Crippen LogP contribution in [0.25, 0.3) is 0 Å². The van der Waals surface area contributed by atoms with Crippen molar-refractivity contribution in [2.45, 2.75) is 27.2 Å². The van der Waals surface area contributed by atoms with E-state index >= 15 is 0 Å². The largest absolute Gasteiger partial charge is 0.397 e. The molecule has 4 heteroatoms. The summed E-state index contributed by atoms with van der Waals surface area (Å²) < 4.78 is 0. The number of rotatable bonds is 3. The zero-order valence-corrected chi connectivity index (χ0v) is 12.6. The highest BCUT2D eigenvalue weighted by Gasteiger charge is 2.24. The van der Waals surface area contributed by atoms with Gasteiger partial charge in [0.1, 0.15) is 0 Å². The van der Waals surface area contributed by atoms with E-state index in [1.54, 1.807) is 0 Å². The Bertz CT molecular complexity index is 466. The van der Waals surface area contributed by atoms with Crippen molar-refractivity contribution in [1.82, 2.24) is 4.90 Å². The summed E-state index contributed by atoms with van der Waals surface area (Å²) in [5.74, 6) is 1.43. The van der Waals surface area contributed by atoms with Crippen LogP contribution in [0.4, 0.5) is 11.4 Å². The molecule has 0 bridgehead atoms. The molecule has 110 valence electrons. The molecule has 1 fully saturated rings. The van der Waals surface area contributed by atoms with Gasteiger partial charge in [-0.1, -0.05) is 26.0 Å². The van der Waals surface area contributed by atoms with E-state index in [2.05, 4.69) is 24.1 Å². The van der Waals surface area contributed by atoms with Crippen LogP contribution in [0.1, 0.15) is 25.8 Å². The Kier molecular flexibility index (Phi) is 4.65. The third-order valence-electron chi connectivity index (χ3n) is 4.35. The highest BCUT2D eigenvalue weighted by molar-refractivity contribution is 5.96. The van der Waals surface area contributed by atoms with Crippen molar-refractivity contribution < 1.29 is 4.79 Å². The lowest BCUT2D eigenvalue weighted by Gasteiger charge is -2.34. The van der Waals surface area contributed by atoms with E-state index in [1.165, 1.54) is 6.42 Å². The molecule has 0 saturated carbocycles. The van der Waals surface area contributed by atoms with Gasteiger partial charge in [0.2, 0.25) is 5.91 Å². The van der Waals surface area contributed by atoms with Gasteiger partial charge in [0.25, 0.3) is 0 Å². The van der Waals surface area contributed by atoms with Gasteiger partial charge >= 0.3 is 0 Å². The van der Waals surface area contributed by atoms with Gasteiger partial charge in [-0.25, -0.2) is 0 Å². The van der Waals surface area contributed by atoms with Crippen molar-refractivity contribution in [1.29, 1.82) is 0 Å². The predicted molar refractivity (Wildman–Crippen MR) is 83.6 cm³/mol. The Morgan fingerprint density at radius 2 is 2.15 bits per heavy atom. The molecule has 1 heterocycles. The minimum absolute atomic E-state index is 0.0211. The van der Waals surface area contributed by atoms with Crippen molar-refractivity contribution in [3.8, 4) is 0 Å². The van der Waals surface area contributed by atoms with E-state index in [9.17, 15) is 4.79 Å². The van der Waals surface area contributed by atoms with Crippen LogP contribution in [0, 0.1) is 18.8 Å². The quantitative estimate of drug-likeness (QED) is 0.833. The maximum atomic E-state index is 12.2. The first kappa shape index (κ1) is 14.9. The Balaban J connectivity index is 1.93. The van der Waals surface area contributed by atoms with E-state index in [-0.39, 0.29) is 5.91 Å². The number of hydrogen-bond donors (Lipinski definition) is 2. The minimum atomic E-state index is 0.0211. The Labute approximate surface area is 121 Å². The number of nitrogen functional groups attached to an aromatic ring is 1. The summed E-state index contributed by atoms with van der Waals surface area (Å²) >= 11 is 0. The molecule has 0 aromatic heterocycles. The summed E-state index contributed by atoms with van der Waals surface area (Å²) in [5.41, 5.74) is 8.28. The summed E-state index contributed by atoms with van der Waals surface area (Å²) in [6.45, 7) is 8.95. The number of anilines is 2. The lowest BCUT2D eigenvalue weighted by Crippen LogP contribution is -2.42. The Morgan fingerprint density at radius 3 is 2.80 bits per heavy atom. The van der Waals surface area contributed by atoms with Crippen LogP contribution in [0.15, 0.2) is 18.2 Å². The first-order valence-corrected chi connectivity index (χ1v) is 7.34. The zero-order chi connectivity index (χ0) is 14.7. The monoisotopic (exact) mass is 275 g/mol. The second kappa shape index (κ2) is 6.27. The summed E-state index contributed by atoms with van der Waals surface area (Å²) in [4.78, 5) is 14.4. The average molecular weight is 275 g/mol. The zero-order valence-electron chi connectivity index (χ0n) is 12.6. The van der Waals surface area contributed by atoms with E-state index in [0.717, 1.165) is 30.3 Å². The molecule has 1 aliphatic rings.